The second-order valence-electron chi connectivity index (χ2n) is 8.22. The van der Waals surface area contributed by atoms with Gasteiger partial charge in [0.15, 0.2) is 17.3 Å². The Kier molecular flexibility index (Phi) is 7.30. The van der Waals surface area contributed by atoms with Crippen LogP contribution in [0, 0.1) is 11.6 Å². The number of benzene rings is 2. The molecule has 1 aliphatic carbocycles. The van der Waals surface area contributed by atoms with Gasteiger partial charge in [0, 0.05) is 30.6 Å². The number of halogens is 6. The third kappa shape index (κ3) is 6.11. The first-order valence-electron chi connectivity index (χ1n) is 10.9. The molecule has 2 aromatic carbocycles. The third-order valence-electron chi connectivity index (χ3n) is 5.47. The van der Waals surface area contributed by atoms with Gasteiger partial charge in [-0.15, -0.1) is 0 Å². The lowest BCUT2D eigenvalue weighted by Crippen LogP contribution is -2.25. The van der Waals surface area contributed by atoms with Crippen LogP contribution in [0.25, 0.3) is 0 Å². The number of carbonyl (C=O) groups is 1. The Balaban J connectivity index is 1.31. The van der Waals surface area contributed by atoms with E-state index in [1.165, 1.54) is 10.7 Å². The normalized spacial score (nSPS) is 13.7. The zero-order valence-corrected chi connectivity index (χ0v) is 19.1. The zero-order valence-electron chi connectivity index (χ0n) is 18.3. The summed E-state index contributed by atoms with van der Waals surface area (Å²) in [4.78, 5) is 12.5. The van der Waals surface area contributed by atoms with Crippen LogP contribution in [0.15, 0.2) is 42.5 Å². The first kappa shape index (κ1) is 25.0. The number of ether oxygens (including phenoxy) is 1. The minimum atomic E-state index is -4.63. The van der Waals surface area contributed by atoms with Crippen molar-refractivity contribution in [3.63, 3.8) is 0 Å². The predicted octanol–water partition coefficient (Wildman–Crippen LogP) is 6.11. The Morgan fingerprint density at radius 3 is 2.63 bits per heavy atom. The molecule has 1 aliphatic rings. The van der Waals surface area contributed by atoms with Crippen molar-refractivity contribution in [1.82, 2.24) is 15.1 Å². The maximum atomic E-state index is 13.7. The molecule has 1 heterocycles. The van der Waals surface area contributed by atoms with Crippen molar-refractivity contribution in [2.75, 3.05) is 6.54 Å². The molecule has 0 radical (unpaired) electrons. The van der Waals surface area contributed by atoms with Gasteiger partial charge in [-0.25, -0.2) is 8.78 Å². The summed E-state index contributed by atoms with van der Waals surface area (Å²) >= 11 is 5.97. The number of hydrogen-bond donors (Lipinski definition) is 1. The monoisotopic (exact) mass is 513 g/mol. The number of carbonyl (C=O) groups excluding carboxylic acids is 1. The molecule has 1 fully saturated rings. The van der Waals surface area contributed by atoms with Crippen LogP contribution in [-0.4, -0.2) is 22.2 Å². The molecule has 1 amide bonds. The molecule has 1 aromatic heterocycles. The van der Waals surface area contributed by atoms with E-state index < -0.39 is 23.5 Å². The van der Waals surface area contributed by atoms with Gasteiger partial charge in [-0.1, -0.05) is 23.7 Å². The Labute approximate surface area is 202 Å². The number of hydrogen-bond acceptors (Lipinski definition) is 3. The van der Waals surface area contributed by atoms with Crippen LogP contribution in [0.5, 0.6) is 5.75 Å². The lowest BCUT2D eigenvalue weighted by Gasteiger charge is -2.10. The molecule has 186 valence electrons. The summed E-state index contributed by atoms with van der Waals surface area (Å²) in [7, 11) is 0. The number of nitrogens with zero attached hydrogens (tertiary/aromatic N) is 2. The highest BCUT2D eigenvalue weighted by atomic mass is 35.5. The van der Waals surface area contributed by atoms with E-state index in [1.807, 2.05) is 0 Å². The summed E-state index contributed by atoms with van der Waals surface area (Å²) in [5, 5.41) is 6.05. The van der Waals surface area contributed by atoms with Gasteiger partial charge in [-0.2, -0.15) is 18.3 Å². The fraction of sp³-hybridized carbons (Fsp3) is 0.333. The smallest absolute Gasteiger partial charge is 0.436 e. The molecule has 4 rings (SSSR count). The van der Waals surface area contributed by atoms with Crippen LogP contribution in [0.4, 0.5) is 22.0 Å². The molecule has 0 saturated heterocycles. The minimum Gasteiger partial charge on any atom is -0.486 e. The average Bonchev–Trinajstić information content (AvgIpc) is 3.58. The summed E-state index contributed by atoms with van der Waals surface area (Å²) in [5.41, 5.74) is 0.257. The van der Waals surface area contributed by atoms with E-state index >= 15 is 0 Å². The van der Waals surface area contributed by atoms with Gasteiger partial charge in [0.2, 0.25) is 0 Å². The Morgan fingerprint density at radius 1 is 1.17 bits per heavy atom. The molecule has 3 aromatic rings. The van der Waals surface area contributed by atoms with Crippen molar-refractivity contribution in [3.05, 3.63) is 81.6 Å². The number of nitrogens with one attached hydrogen (secondary N) is 1. The maximum Gasteiger partial charge on any atom is 0.436 e. The topological polar surface area (TPSA) is 56.2 Å². The van der Waals surface area contributed by atoms with Crippen molar-refractivity contribution in [2.45, 2.75) is 44.5 Å². The molecule has 0 spiro atoms. The van der Waals surface area contributed by atoms with Crippen LogP contribution in [0.1, 0.15) is 52.5 Å². The molecule has 11 heteroatoms. The van der Waals surface area contributed by atoms with Crippen molar-refractivity contribution in [1.29, 1.82) is 0 Å². The van der Waals surface area contributed by atoms with Crippen LogP contribution < -0.4 is 10.1 Å². The van der Waals surface area contributed by atoms with Crippen LogP contribution in [0.3, 0.4) is 0 Å². The van der Waals surface area contributed by atoms with E-state index in [-0.39, 0.29) is 42.3 Å². The summed E-state index contributed by atoms with van der Waals surface area (Å²) in [6.07, 6.45) is -2.73. The molecule has 0 unspecified atom stereocenters. The summed E-state index contributed by atoms with van der Waals surface area (Å²) in [6.45, 7) is 0.359. The zero-order chi connectivity index (χ0) is 25.2. The molecular weight excluding hydrogens is 493 g/mol. The van der Waals surface area contributed by atoms with E-state index in [2.05, 4.69) is 10.4 Å². The SMILES string of the molecule is O=C(NCCCn1nc(C(F)(F)F)c(Cl)c1C1CC1)c1cccc(COc2ccc(F)cc2F)c1. The van der Waals surface area contributed by atoms with Gasteiger partial charge in [0.25, 0.3) is 5.91 Å². The van der Waals surface area contributed by atoms with Gasteiger partial charge in [0.05, 0.1) is 10.7 Å². The first-order chi connectivity index (χ1) is 16.6. The third-order valence-corrected chi connectivity index (χ3v) is 5.85. The second kappa shape index (κ2) is 10.2. The van der Waals surface area contributed by atoms with Gasteiger partial charge in [-0.3, -0.25) is 9.48 Å². The summed E-state index contributed by atoms with van der Waals surface area (Å²) in [6, 6.07) is 9.47. The minimum absolute atomic E-state index is 0.0194. The Hall–Kier alpha value is -3.14. The number of rotatable bonds is 9. The van der Waals surface area contributed by atoms with Crippen molar-refractivity contribution in [2.24, 2.45) is 0 Å². The lowest BCUT2D eigenvalue weighted by molar-refractivity contribution is -0.141. The van der Waals surface area contributed by atoms with Crippen LogP contribution in [-0.2, 0) is 19.3 Å². The fourth-order valence-electron chi connectivity index (χ4n) is 3.64. The van der Waals surface area contributed by atoms with Gasteiger partial charge in [-0.05, 0) is 49.1 Å². The van der Waals surface area contributed by atoms with Crippen molar-refractivity contribution in [3.8, 4) is 5.75 Å². The fourth-order valence-corrected chi connectivity index (χ4v) is 4.04. The van der Waals surface area contributed by atoms with E-state index in [0.29, 0.717) is 29.3 Å². The highest BCUT2D eigenvalue weighted by Crippen LogP contribution is 2.46. The quantitative estimate of drug-likeness (QED) is 0.277. The number of aromatic nitrogens is 2. The highest BCUT2D eigenvalue weighted by molar-refractivity contribution is 6.32. The van der Waals surface area contributed by atoms with E-state index in [9.17, 15) is 26.7 Å². The molecule has 0 aliphatic heterocycles. The Bertz CT molecular complexity index is 1220. The first-order valence-corrected chi connectivity index (χ1v) is 11.3. The standard InChI is InChI=1S/C24H21ClF5N3O2/c25-20-21(15-5-6-15)33(32-22(20)24(28,29)30)10-2-9-31-23(34)16-4-1-3-14(11-16)13-35-19-8-7-17(26)12-18(19)27/h1,3-4,7-8,11-12,15H,2,5-6,9-10,13H2,(H,31,34). The van der Waals surface area contributed by atoms with Gasteiger partial charge >= 0.3 is 6.18 Å². The summed E-state index contributed by atoms with van der Waals surface area (Å²) in [5.74, 6) is -2.05. The number of amides is 1. The molecule has 1 N–H and O–H groups in total. The molecule has 1 saturated carbocycles. The highest BCUT2D eigenvalue weighted by Gasteiger charge is 2.41. The number of aryl methyl sites for hydroxylation is 1. The molecular formula is C24H21ClF5N3O2. The van der Waals surface area contributed by atoms with Crippen molar-refractivity contribution < 1.29 is 31.5 Å². The van der Waals surface area contributed by atoms with Crippen LogP contribution >= 0.6 is 11.6 Å². The molecule has 35 heavy (non-hydrogen) atoms. The summed E-state index contributed by atoms with van der Waals surface area (Å²) < 4.78 is 72.9. The maximum absolute atomic E-state index is 13.7. The molecule has 0 atom stereocenters. The van der Waals surface area contributed by atoms with Crippen LogP contribution in [0.2, 0.25) is 5.02 Å². The lowest BCUT2D eigenvalue weighted by atomic mass is 10.1. The number of alkyl halides is 3. The van der Waals surface area contributed by atoms with E-state index in [1.54, 1.807) is 24.3 Å². The average molecular weight is 514 g/mol. The van der Waals surface area contributed by atoms with Gasteiger partial charge in [0.1, 0.15) is 12.4 Å². The van der Waals surface area contributed by atoms with Crippen molar-refractivity contribution >= 4 is 17.5 Å². The Morgan fingerprint density at radius 2 is 1.94 bits per heavy atom. The largest absolute Gasteiger partial charge is 0.486 e. The molecule has 5 nitrogen and oxygen atoms in total. The van der Waals surface area contributed by atoms with Gasteiger partial charge < -0.3 is 10.1 Å². The van der Waals surface area contributed by atoms with E-state index in [4.69, 9.17) is 16.3 Å². The predicted molar refractivity (Wildman–Crippen MR) is 118 cm³/mol. The molecule has 0 bridgehead atoms. The van der Waals surface area contributed by atoms with E-state index in [0.717, 1.165) is 18.9 Å². The second-order valence-corrected chi connectivity index (χ2v) is 8.59.